The summed E-state index contributed by atoms with van der Waals surface area (Å²) in [6, 6.07) is 14.7. The normalized spacial score (nSPS) is 11.8. The maximum atomic E-state index is 12.3. The van der Waals surface area contributed by atoms with Gasteiger partial charge in [0.15, 0.2) is 11.2 Å². The number of aromatic nitrogens is 1. The Morgan fingerprint density at radius 2 is 1.96 bits per heavy atom. The summed E-state index contributed by atoms with van der Waals surface area (Å²) in [6.07, 6.45) is 1.000. The number of hydrogen-bond acceptors (Lipinski definition) is 4. The average Bonchev–Trinajstić information content (AvgIpc) is 3.06. The average molecular weight is 393 g/mol. The molecule has 7 heteroatoms. The third kappa shape index (κ3) is 4.51. The number of halogens is 2. The van der Waals surface area contributed by atoms with Gasteiger partial charge in [0.2, 0.25) is 0 Å². The molecule has 1 heterocycles. The molecule has 1 atom stereocenters. The molecular weight excluding hydrogens is 379 g/mol. The van der Waals surface area contributed by atoms with Crippen LogP contribution in [-0.2, 0) is 4.79 Å². The summed E-state index contributed by atoms with van der Waals surface area (Å²) in [5.74, 6) is 0.0952. The fourth-order valence-electron chi connectivity index (χ4n) is 2.09. The fraction of sp³-hybridized carbons (Fsp3) is 0.111. The first-order chi connectivity index (χ1) is 12.0. The van der Waals surface area contributed by atoms with Gasteiger partial charge in [0, 0.05) is 11.2 Å². The summed E-state index contributed by atoms with van der Waals surface area (Å²) in [7, 11) is 0. The molecule has 1 N–H and O–H groups in total. The summed E-state index contributed by atoms with van der Waals surface area (Å²) < 4.78 is 5.60. The van der Waals surface area contributed by atoms with Crippen molar-refractivity contribution in [1.29, 1.82) is 0 Å². The molecule has 3 aromatic rings. The molecule has 1 unspecified atom stereocenters. The van der Waals surface area contributed by atoms with E-state index in [1.165, 1.54) is 11.3 Å². The second-order valence-corrected chi connectivity index (χ2v) is 7.09. The molecule has 0 radical (unpaired) electrons. The van der Waals surface area contributed by atoms with E-state index in [0.29, 0.717) is 20.9 Å². The zero-order chi connectivity index (χ0) is 17.8. The van der Waals surface area contributed by atoms with E-state index in [1.807, 2.05) is 30.3 Å². The minimum atomic E-state index is -0.734. The monoisotopic (exact) mass is 392 g/mol. The second-order valence-electron chi connectivity index (χ2n) is 5.22. The standard InChI is InChI=1S/C18H14Cl2N2O2S/c1-11(24-15-8-7-13(19)9-14(15)20)17(23)22-18-21-10-16(25-18)12-5-3-2-4-6-12/h2-11H,1H3,(H,21,22,23). The van der Waals surface area contributed by atoms with Crippen LogP contribution in [0.25, 0.3) is 10.4 Å². The van der Waals surface area contributed by atoms with Gasteiger partial charge in [-0.2, -0.15) is 0 Å². The Kier molecular flexibility index (Phi) is 5.58. The summed E-state index contributed by atoms with van der Waals surface area (Å²) in [4.78, 5) is 17.5. The van der Waals surface area contributed by atoms with E-state index in [9.17, 15) is 4.79 Å². The van der Waals surface area contributed by atoms with Crippen molar-refractivity contribution in [2.45, 2.75) is 13.0 Å². The molecule has 0 fully saturated rings. The maximum absolute atomic E-state index is 12.3. The van der Waals surface area contributed by atoms with Gasteiger partial charge in [0.05, 0.1) is 9.90 Å². The summed E-state index contributed by atoms with van der Waals surface area (Å²) in [5.41, 5.74) is 1.05. The van der Waals surface area contributed by atoms with Gasteiger partial charge < -0.3 is 4.74 Å². The van der Waals surface area contributed by atoms with E-state index in [-0.39, 0.29) is 5.91 Å². The number of amides is 1. The Morgan fingerprint density at radius 1 is 1.20 bits per heavy atom. The van der Waals surface area contributed by atoms with Crippen molar-refractivity contribution in [1.82, 2.24) is 4.98 Å². The predicted molar refractivity (Wildman–Crippen MR) is 103 cm³/mol. The topological polar surface area (TPSA) is 51.2 Å². The van der Waals surface area contributed by atoms with Crippen LogP contribution in [0.2, 0.25) is 10.0 Å². The van der Waals surface area contributed by atoms with E-state index >= 15 is 0 Å². The first kappa shape index (κ1) is 17.7. The van der Waals surface area contributed by atoms with Crippen LogP contribution >= 0.6 is 34.5 Å². The first-order valence-corrected chi connectivity index (χ1v) is 9.04. The molecule has 0 saturated carbocycles. The third-order valence-electron chi connectivity index (χ3n) is 3.36. The summed E-state index contributed by atoms with van der Waals surface area (Å²) >= 11 is 13.3. The number of nitrogens with zero attached hydrogens (tertiary/aromatic N) is 1. The maximum Gasteiger partial charge on any atom is 0.266 e. The zero-order valence-corrected chi connectivity index (χ0v) is 15.5. The van der Waals surface area contributed by atoms with Crippen LogP contribution in [0.5, 0.6) is 5.75 Å². The van der Waals surface area contributed by atoms with E-state index in [0.717, 1.165) is 10.4 Å². The number of rotatable bonds is 5. The van der Waals surface area contributed by atoms with Crippen LogP contribution in [0, 0.1) is 0 Å². The van der Waals surface area contributed by atoms with Crippen molar-refractivity contribution in [3.63, 3.8) is 0 Å². The van der Waals surface area contributed by atoms with Crippen LogP contribution in [0.15, 0.2) is 54.7 Å². The number of anilines is 1. The molecule has 25 heavy (non-hydrogen) atoms. The van der Waals surface area contributed by atoms with Gasteiger partial charge in [-0.25, -0.2) is 4.98 Å². The molecule has 0 aliphatic heterocycles. The molecule has 0 saturated heterocycles. The van der Waals surface area contributed by atoms with Crippen LogP contribution in [0.1, 0.15) is 6.92 Å². The lowest BCUT2D eigenvalue weighted by atomic mass is 10.2. The molecular formula is C18H14Cl2N2O2S. The van der Waals surface area contributed by atoms with Crippen molar-refractivity contribution in [2.75, 3.05) is 5.32 Å². The molecule has 3 rings (SSSR count). The molecule has 0 aliphatic rings. The molecule has 2 aromatic carbocycles. The van der Waals surface area contributed by atoms with Gasteiger partial charge in [-0.05, 0) is 30.7 Å². The van der Waals surface area contributed by atoms with E-state index in [4.69, 9.17) is 27.9 Å². The minimum Gasteiger partial charge on any atom is -0.479 e. The Labute approximate surface area is 159 Å². The first-order valence-electron chi connectivity index (χ1n) is 7.47. The van der Waals surface area contributed by atoms with Crippen LogP contribution in [0.3, 0.4) is 0 Å². The fourth-order valence-corrected chi connectivity index (χ4v) is 3.37. The highest BCUT2D eigenvalue weighted by Crippen LogP contribution is 2.30. The SMILES string of the molecule is CC(Oc1ccc(Cl)cc1Cl)C(=O)Nc1ncc(-c2ccccc2)s1. The van der Waals surface area contributed by atoms with E-state index in [2.05, 4.69) is 10.3 Å². The van der Waals surface area contributed by atoms with Crippen LogP contribution in [0.4, 0.5) is 5.13 Å². The van der Waals surface area contributed by atoms with E-state index in [1.54, 1.807) is 31.3 Å². The number of benzene rings is 2. The predicted octanol–water partition coefficient (Wildman–Crippen LogP) is 5.52. The van der Waals surface area contributed by atoms with Crippen molar-refractivity contribution in [3.05, 3.63) is 64.8 Å². The highest BCUT2D eigenvalue weighted by molar-refractivity contribution is 7.19. The van der Waals surface area contributed by atoms with Gasteiger partial charge in [0.25, 0.3) is 5.91 Å². The Hall–Kier alpha value is -2.08. The Balaban J connectivity index is 1.65. The zero-order valence-electron chi connectivity index (χ0n) is 13.2. The van der Waals surface area contributed by atoms with Crippen molar-refractivity contribution in [2.24, 2.45) is 0 Å². The molecule has 0 aliphatic carbocycles. The highest BCUT2D eigenvalue weighted by atomic mass is 35.5. The Bertz CT molecular complexity index is 884. The van der Waals surface area contributed by atoms with Gasteiger partial charge >= 0.3 is 0 Å². The lowest BCUT2D eigenvalue weighted by Crippen LogP contribution is -2.30. The number of ether oxygens (including phenoxy) is 1. The number of thiazole rings is 1. The van der Waals surface area contributed by atoms with Gasteiger partial charge in [-0.15, -0.1) is 0 Å². The number of nitrogens with one attached hydrogen (secondary N) is 1. The van der Waals surface area contributed by atoms with E-state index < -0.39 is 6.10 Å². The lowest BCUT2D eigenvalue weighted by Gasteiger charge is -2.14. The molecule has 4 nitrogen and oxygen atoms in total. The lowest BCUT2D eigenvalue weighted by molar-refractivity contribution is -0.122. The van der Waals surface area contributed by atoms with Crippen molar-refractivity contribution in [3.8, 4) is 16.2 Å². The largest absolute Gasteiger partial charge is 0.479 e. The summed E-state index contributed by atoms with van der Waals surface area (Å²) in [6.45, 7) is 1.64. The van der Waals surface area contributed by atoms with Gasteiger partial charge in [0.1, 0.15) is 5.75 Å². The van der Waals surface area contributed by atoms with Gasteiger partial charge in [-0.3, -0.25) is 10.1 Å². The van der Waals surface area contributed by atoms with Crippen LogP contribution in [-0.4, -0.2) is 17.0 Å². The summed E-state index contributed by atoms with van der Waals surface area (Å²) in [5, 5.41) is 4.13. The minimum absolute atomic E-state index is 0.306. The molecule has 128 valence electrons. The quantitative estimate of drug-likeness (QED) is 0.621. The Morgan fingerprint density at radius 3 is 2.68 bits per heavy atom. The highest BCUT2D eigenvalue weighted by Gasteiger charge is 2.18. The van der Waals surface area contributed by atoms with Crippen LogP contribution < -0.4 is 10.1 Å². The molecule has 1 amide bonds. The van der Waals surface area contributed by atoms with Crippen molar-refractivity contribution >= 4 is 45.6 Å². The number of carbonyl (C=O) groups is 1. The smallest absolute Gasteiger partial charge is 0.266 e. The molecule has 0 bridgehead atoms. The third-order valence-corrected chi connectivity index (χ3v) is 4.85. The van der Waals surface area contributed by atoms with Crippen molar-refractivity contribution < 1.29 is 9.53 Å². The molecule has 1 aromatic heterocycles. The number of hydrogen-bond donors (Lipinski definition) is 1. The second kappa shape index (κ2) is 7.87. The number of carbonyl (C=O) groups excluding carboxylic acids is 1. The molecule has 0 spiro atoms. The van der Waals surface area contributed by atoms with Gasteiger partial charge in [-0.1, -0.05) is 64.9 Å².